The first-order chi connectivity index (χ1) is 9.54. The van der Waals surface area contributed by atoms with E-state index in [4.69, 9.17) is 5.73 Å². The SMILES string of the molecule is CC(C)C(CN)Nc1ccc([N+](=O)[O-])c2ncccc12. The number of nitrogens with one attached hydrogen (secondary N) is 1. The van der Waals surface area contributed by atoms with Crippen LogP contribution in [0.5, 0.6) is 0 Å². The molecule has 0 saturated heterocycles. The van der Waals surface area contributed by atoms with Crippen molar-refractivity contribution in [3.63, 3.8) is 0 Å². The lowest BCUT2D eigenvalue weighted by atomic mass is 10.0. The highest BCUT2D eigenvalue weighted by Gasteiger charge is 2.17. The Morgan fingerprint density at radius 3 is 2.75 bits per heavy atom. The van der Waals surface area contributed by atoms with E-state index in [-0.39, 0.29) is 11.7 Å². The maximum atomic E-state index is 11.0. The lowest BCUT2D eigenvalue weighted by Crippen LogP contribution is -2.33. The van der Waals surface area contributed by atoms with E-state index in [1.807, 2.05) is 6.07 Å². The van der Waals surface area contributed by atoms with E-state index in [0.717, 1.165) is 11.1 Å². The van der Waals surface area contributed by atoms with Gasteiger partial charge < -0.3 is 11.1 Å². The summed E-state index contributed by atoms with van der Waals surface area (Å²) in [4.78, 5) is 14.8. The Hall–Kier alpha value is -2.21. The summed E-state index contributed by atoms with van der Waals surface area (Å²) < 4.78 is 0. The fourth-order valence-corrected chi connectivity index (χ4v) is 2.13. The van der Waals surface area contributed by atoms with E-state index in [0.29, 0.717) is 18.0 Å². The van der Waals surface area contributed by atoms with Crippen molar-refractivity contribution in [1.29, 1.82) is 0 Å². The molecule has 1 atom stereocenters. The van der Waals surface area contributed by atoms with Gasteiger partial charge in [-0.25, -0.2) is 4.98 Å². The summed E-state index contributed by atoms with van der Waals surface area (Å²) in [5, 5.41) is 15.1. The van der Waals surface area contributed by atoms with Crippen molar-refractivity contribution >= 4 is 22.3 Å². The number of anilines is 1. The Morgan fingerprint density at radius 2 is 2.15 bits per heavy atom. The van der Waals surface area contributed by atoms with Gasteiger partial charge in [0, 0.05) is 35.9 Å². The lowest BCUT2D eigenvalue weighted by Gasteiger charge is -2.22. The molecule has 0 amide bonds. The molecule has 0 saturated carbocycles. The molecule has 0 fully saturated rings. The number of hydrogen-bond acceptors (Lipinski definition) is 5. The molecule has 6 heteroatoms. The van der Waals surface area contributed by atoms with Crippen LogP contribution >= 0.6 is 0 Å². The molecular formula is C14H18N4O2. The van der Waals surface area contributed by atoms with Crippen molar-refractivity contribution in [2.45, 2.75) is 19.9 Å². The Bertz CT molecular complexity index is 628. The lowest BCUT2D eigenvalue weighted by molar-refractivity contribution is -0.383. The van der Waals surface area contributed by atoms with Gasteiger partial charge in [0.25, 0.3) is 5.69 Å². The first-order valence-electron chi connectivity index (χ1n) is 6.53. The Labute approximate surface area is 117 Å². The van der Waals surface area contributed by atoms with Crippen molar-refractivity contribution in [3.8, 4) is 0 Å². The van der Waals surface area contributed by atoms with Crippen molar-refractivity contribution < 1.29 is 4.92 Å². The van der Waals surface area contributed by atoms with Gasteiger partial charge in [-0.05, 0) is 24.1 Å². The smallest absolute Gasteiger partial charge is 0.295 e. The molecule has 0 aliphatic heterocycles. The highest BCUT2D eigenvalue weighted by Crippen LogP contribution is 2.30. The second-order valence-electron chi connectivity index (χ2n) is 5.02. The molecule has 3 N–H and O–H groups in total. The molecule has 2 aromatic rings. The van der Waals surface area contributed by atoms with E-state index >= 15 is 0 Å². The Morgan fingerprint density at radius 1 is 1.40 bits per heavy atom. The maximum absolute atomic E-state index is 11.0. The van der Waals surface area contributed by atoms with Crippen LogP contribution in [-0.2, 0) is 0 Å². The normalized spacial score (nSPS) is 12.6. The summed E-state index contributed by atoms with van der Waals surface area (Å²) in [5.41, 5.74) is 6.98. The zero-order valence-electron chi connectivity index (χ0n) is 11.5. The molecule has 1 aromatic carbocycles. The van der Waals surface area contributed by atoms with Gasteiger partial charge in [0.2, 0.25) is 0 Å². The third-order valence-corrected chi connectivity index (χ3v) is 3.34. The number of nitro benzene ring substituents is 1. The number of non-ortho nitro benzene ring substituents is 1. The van der Waals surface area contributed by atoms with Gasteiger partial charge in [-0.15, -0.1) is 0 Å². The van der Waals surface area contributed by atoms with Gasteiger partial charge in [-0.1, -0.05) is 13.8 Å². The number of benzene rings is 1. The van der Waals surface area contributed by atoms with Crippen LogP contribution in [0, 0.1) is 16.0 Å². The topological polar surface area (TPSA) is 94.1 Å². The van der Waals surface area contributed by atoms with Crippen LogP contribution < -0.4 is 11.1 Å². The summed E-state index contributed by atoms with van der Waals surface area (Å²) in [6, 6.07) is 6.90. The van der Waals surface area contributed by atoms with Gasteiger partial charge in [0.15, 0.2) is 0 Å². The summed E-state index contributed by atoms with van der Waals surface area (Å²) in [6.45, 7) is 4.66. The summed E-state index contributed by atoms with van der Waals surface area (Å²) in [6.07, 6.45) is 1.56. The van der Waals surface area contributed by atoms with Crippen molar-refractivity contribution in [2.24, 2.45) is 11.7 Å². The van der Waals surface area contributed by atoms with Crippen molar-refractivity contribution in [2.75, 3.05) is 11.9 Å². The molecule has 1 aromatic heterocycles. The van der Waals surface area contributed by atoms with Gasteiger partial charge >= 0.3 is 0 Å². The predicted octanol–water partition coefficient (Wildman–Crippen LogP) is 2.54. The summed E-state index contributed by atoms with van der Waals surface area (Å²) in [5.74, 6) is 0.363. The average Bonchev–Trinajstić information content (AvgIpc) is 2.43. The highest BCUT2D eigenvalue weighted by molar-refractivity contribution is 5.97. The van der Waals surface area contributed by atoms with E-state index in [9.17, 15) is 10.1 Å². The largest absolute Gasteiger partial charge is 0.380 e. The van der Waals surface area contributed by atoms with E-state index in [1.165, 1.54) is 6.07 Å². The summed E-state index contributed by atoms with van der Waals surface area (Å²) in [7, 11) is 0. The molecule has 6 nitrogen and oxygen atoms in total. The zero-order valence-corrected chi connectivity index (χ0v) is 11.5. The number of nitrogens with two attached hydrogens (primary N) is 1. The monoisotopic (exact) mass is 274 g/mol. The second-order valence-corrected chi connectivity index (χ2v) is 5.02. The fraction of sp³-hybridized carbons (Fsp3) is 0.357. The minimum atomic E-state index is -0.415. The van der Waals surface area contributed by atoms with Crippen LogP contribution in [0.2, 0.25) is 0 Å². The number of hydrogen-bond donors (Lipinski definition) is 2. The van der Waals surface area contributed by atoms with Crippen molar-refractivity contribution in [3.05, 3.63) is 40.6 Å². The van der Waals surface area contributed by atoms with Crippen LogP contribution in [-0.4, -0.2) is 22.5 Å². The van der Waals surface area contributed by atoms with Crippen LogP contribution in [0.4, 0.5) is 11.4 Å². The highest BCUT2D eigenvalue weighted by atomic mass is 16.6. The third kappa shape index (κ3) is 2.70. The standard InChI is InChI=1S/C14H18N4O2/c1-9(2)12(8-15)17-11-5-6-13(18(19)20)14-10(11)4-3-7-16-14/h3-7,9,12,17H,8,15H2,1-2H3. The number of aromatic nitrogens is 1. The first-order valence-corrected chi connectivity index (χ1v) is 6.53. The molecule has 2 rings (SSSR count). The van der Waals surface area contributed by atoms with Crippen LogP contribution in [0.1, 0.15) is 13.8 Å². The molecular weight excluding hydrogens is 256 g/mol. The van der Waals surface area contributed by atoms with Crippen LogP contribution in [0.25, 0.3) is 10.9 Å². The van der Waals surface area contributed by atoms with Gasteiger partial charge in [-0.2, -0.15) is 0 Å². The second kappa shape index (κ2) is 5.83. The summed E-state index contributed by atoms with van der Waals surface area (Å²) >= 11 is 0. The van der Waals surface area contributed by atoms with Gasteiger partial charge in [0.1, 0.15) is 5.52 Å². The van der Waals surface area contributed by atoms with Gasteiger partial charge in [-0.3, -0.25) is 10.1 Å². The van der Waals surface area contributed by atoms with E-state index in [2.05, 4.69) is 24.1 Å². The van der Waals surface area contributed by atoms with Gasteiger partial charge in [0.05, 0.1) is 4.92 Å². The maximum Gasteiger partial charge on any atom is 0.295 e. The number of rotatable bonds is 5. The minimum Gasteiger partial charge on any atom is -0.380 e. The number of pyridine rings is 1. The molecule has 20 heavy (non-hydrogen) atoms. The molecule has 1 heterocycles. The molecule has 0 aliphatic carbocycles. The number of nitro groups is 1. The van der Waals surface area contributed by atoms with E-state index in [1.54, 1.807) is 18.3 Å². The average molecular weight is 274 g/mol. The third-order valence-electron chi connectivity index (χ3n) is 3.34. The predicted molar refractivity (Wildman–Crippen MR) is 79.7 cm³/mol. The fourth-order valence-electron chi connectivity index (χ4n) is 2.13. The van der Waals surface area contributed by atoms with Crippen LogP contribution in [0.3, 0.4) is 0 Å². The molecule has 1 unspecified atom stereocenters. The Kier molecular flexibility index (Phi) is 4.14. The molecule has 0 aliphatic rings. The van der Waals surface area contributed by atoms with Crippen molar-refractivity contribution in [1.82, 2.24) is 4.98 Å². The first kappa shape index (κ1) is 14.2. The number of nitrogens with zero attached hydrogens (tertiary/aromatic N) is 2. The minimum absolute atomic E-state index is 0.0139. The zero-order chi connectivity index (χ0) is 14.7. The Balaban J connectivity index is 2.50. The molecule has 0 bridgehead atoms. The molecule has 106 valence electrons. The van der Waals surface area contributed by atoms with E-state index < -0.39 is 4.92 Å². The number of fused-ring (bicyclic) bond motifs is 1. The molecule has 0 radical (unpaired) electrons. The molecule has 0 spiro atoms. The van der Waals surface area contributed by atoms with Crippen LogP contribution in [0.15, 0.2) is 30.5 Å². The quantitative estimate of drug-likeness (QED) is 0.645.